The molecule has 1 aliphatic rings. The molecule has 0 bridgehead atoms. The lowest BCUT2D eigenvalue weighted by molar-refractivity contribution is 0.391. The van der Waals surface area contributed by atoms with Gasteiger partial charge in [-0.15, -0.1) is 0 Å². The Morgan fingerprint density at radius 2 is 1.63 bits per heavy atom. The standard InChI is InChI=1S/C15H22F2N2/c1-14(2)13(15(14,3)4)12(19-18)8-9-10(16)6-5-7-11(9)17/h5-7,12-13,19H,8,18H2,1-4H3. The van der Waals surface area contributed by atoms with Gasteiger partial charge < -0.3 is 0 Å². The van der Waals surface area contributed by atoms with Crippen LogP contribution in [0.25, 0.3) is 0 Å². The molecule has 0 aliphatic heterocycles. The van der Waals surface area contributed by atoms with E-state index in [9.17, 15) is 8.78 Å². The molecule has 0 amide bonds. The highest BCUT2D eigenvalue weighted by atomic mass is 19.1. The number of hydrazine groups is 1. The molecule has 1 aromatic rings. The van der Waals surface area contributed by atoms with Crippen molar-refractivity contribution in [3.05, 3.63) is 35.4 Å². The third kappa shape index (κ3) is 2.17. The molecule has 0 aromatic heterocycles. The highest BCUT2D eigenvalue weighted by Gasteiger charge is 2.66. The quantitative estimate of drug-likeness (QED) is 0.650. The van der Waals surface area contributed by atoms with Crippen molar-refractivity contribution in [3.63, 3.8) is 0 Å². The zero-order chi connectivity index (χ0) is 14.4. The average Bonchev–Trinajstić information content (AvgIpc) is 2.71. The minimum atomic E-state index is -0.503. The lowest BCUT2D eigenvalue weighted by Gasteiger charge is -2.19. The molecule has 2 rings (SSSR count). The Labute approximate surface area is 113 Å². The minimum absolute atomic E-state index is 0.115. The summed E-state index contributed by atoms with van der Waals surface area (Å²) in [4.78, 5) is 0. The number of halogens is 2. The van der Waals surface area contributed by atoms with Crippen LogP contribution in [-0.4, -0.2) is 6.04 Å². The molecule has 19 heavy (non-hydrogen) atoms. The molecule has 1 aliphatic carbocycles. The van der Waals surface area contributed by atoms with Crippen LogP contribution in [-0.2, 0) is 6.42 Å². The lowest BCUT2D eigenvalue weighted by atomic mass is 9.97. The van der Waals surface area contributed by atoms with Crippen molar-refractivity contribution in [3.8, 4) is 0 Å². The number of benzene rings is 1. The van der Waals surface area contributed by atoms with Crippen LogP contribution < -0.4 is 11.3 Å². The normalized spacial score (nSPS) is 22.3. The van der Waals surface area contributed by atoms with Gasteiger partial charge in [-0.25, -0.2) is 8.78 Å². The maximum absolute atomic E-state index is 13.7. The molecule has 2 nitrogen and oxygen atoms in total. The number of hydrogen-bond acceptors (Lipinski definition) is 2. The molecule has 1 fully saturated rings. The van der Waals surface area contributed by atoms with Gasteiger partial charge in [0.25, 0.3) is 0 Å². The molecular formula is C15H22F2N2. The van der Waals surface area contributed by atoms with Crippen molar-refractivity contribution in [2.75, 3.05) is 0 Å². The van der Waals surface area contributed by atoms with E-state index in [1.807, 2.05) is 0 Å². The van der Waals surface area contributed by atoms with Crippen molar-refractivity contribution in [1.82, 2.24) is 5.43 Å². The predicted octanol–water partition coefficient (Wildman–Crippen LogP) is 3.02. The van der Waals surface area contributed by atoms with Crippen LogP contribution >= 0.6 is 0 Å². The monoisotopic (exact) mass is 268 g/mol. The maximum Gasteiger partial charge on any atom is 0.129 e. The summed E-state index contributed by atoms with van der Waals surface area (Å²) in [6.45, 7) is 8.67. The van der Waals surface area contributed by atoms with Gasteiger partial charge in [0.05, 0.1) is 0 Å². The van der Waals surface area contributed by atoms with Gasteiger partial charge in [0.2, 0.25) is 0 Å². The third-order valence-electron chi connectivity index (χ3n) is 5.23. The highest BCUT2D eigenvalue weighted by Crippen LogP contribution is 2.69. The van der Waals surface area contributed by atoms with Gasteiger partial charge in [0.1, 0.15) is 11.6 Å². The summed E-state index contributed by atoms with van der Waals surface area (Å²) in [7, 11) is 0. The molecule has 3 N–H and O–H groups in total. The van der Waals surface area contributed by atoms with Gasteiger partial charge in [0.15, 0.2) is 0 Å². The highest BCUT2D eigenvalue weighted by molar-refractivity contribution is 5.24. The fourth-order valence-corrected chi connectivity index (χ4v) is 3.47. The van der Waals surface area contributed by atoms with Crippen molar-refractivity contribution in [2.24, 2.45) is 22.6 Å². The first kappa shape index (κ1) is 14.4. The van der Waals surface area contributed by atoms with Gasteiger partial charge in [-0.1, -0.05) is 33.8 Å². The van der Waals surface area contributed by atoms with Crippen molar-refractivity contribution >= 4 is 0 Å². The zero-order valence-electron chi connectivity index (χ0n) is 11.9. The van der Waals surface area contributed by atoms with E-state index >= 15 is 0 Å². The first-order chi connectivity index (χ1) is 8.73. The molecule has 0 saturated heterocycles. The maximum atomic E-state index is 13.7. The molecule has 1 unspecified atom stereocenters. The van der Waals surface area contributed by atoms with Crippen LogP contribution in [0.3, 0.4) is 0 Å². The second-order valence-electron chi connectivity index (χ2n) is 6.60. The second-order valence-corrected chi connectivity index (χ2v) is 6.60. The van der Waals surface area contributed by atoms with Gasteiger partial charge in [-0.3, -0.25) is 11.3 Å². The van der Waals surface area contributed by atoms with Crippen LogP contribution in [0.4, 0.5) is 8.78 Å². The van der Waals surface area contributed by atoms with Crippen LogP contribution in [0.2, 0.25) is 0 Å². The van der Waals surface area contributed by atoms with Gasteiger partial charge in [-0.05, 0) is 35.3 Å². The molecule has 4 heteroatoms. The second kappa shape index (κ2) is 4.53. The molecule has 0 spiro atoms. The summed E-state index contributed by atoms with van der Waals surface area (Å²) in [6, 6.07) is 3.82. The fourth-order valence-electron chi connectivity index (χ4n) is 3.47. The molecule has 106 valence electrons. The van der Waals surface area contributed by atoms with E-state index in [0.29, 0.717) is 5.92 Å². The predicted molar refractivity (Wildman–Crippen MR) is 72.2 cm³/mol. The van der Waals surface area contributed by atoms with Crippen LogP contribution in [0.5, 0.6) is 0 Å². The van der Waals surface area contributed by atoms with Crippen LogP contribution in [0, 0.1) is 28.4 Å². The van der Waals surface area contributed by atoms with Crippen LogP contribution in [0.1, 0.15) is 33.3 Å². The van der Waals surface area contributed by atoms with E-state index in [-0.39, 0.29) is 28.9 Å². The van der Waals surface area contributed by atoms with E-state index in [0.717, 1.165) is 0 Å². The lowest BCUT2D eigenvalue weighted by Crippen LogP contribution is -2.40. The summed E-state index contributed by atoms with van der Waals surface area (Å²) < 4.78 is 27.4. The summed E-state index contributed by atoms with van der Waals surface area (Å²) in [5.41, 5.74) is 3.09. The smallest absolute Gasteiger partial charge is 0.129 e. The summed E-state index contributed by atoms with van der Waals surface area (Å²) in [5.74, 6) is 4.90. The topological polar surface area (TPSA) is 38.0 Å². The van der Waals surface area contributed by atoms with Crippen molar-refractivity contribution in [2.45, 2.75) is 40.2 Å². The Morgan fingerprint density at radius 1 is 1.16 bits per heavy atom. The molecule has 0 radical (unpaired) electrons. The van der Waals surface area contributed by atoms with E-state index in [1.54, 1.807) is 0 Å². The summed E-state index contributed by atoms with van der Waals surface area (Å²) >= 11 is 0. The van der Waals surface area contributed by atoms with E-state index in [2.05, 4.69) is 33.1 Å². The van der Waals surface area contributed by atoms with Crippen molar-refractivity contribution < 1.29 is 8.78 Å². The van der Waals surface area contributed by atoms with Gasteiger partial charge in [-0.2, -0.15) is 0 Å². The van der Waals surface area contributed by atoms with Gasteiger partial charge in [0, 0.05) is 11.6 Å². The van der Waals surface area contributed by atoms with Gasteiger partial charge >= 0.3 is 0 Å². The van der Waals surface area contributed by atoms with E-state index in [4.69, 9.17) is 5.84 Å². The number of rotatable bonds is 4. The first-order valence-electron chi connectivity index (χ1n) is 6.62. The van der Waals surface area contributed by atoms with Crippen LogP contribution in [0.15, 0.2) is 18.2 Å². The first-order valence-corrected chi connectivity index (χ1v) is 6.62. The Morgan fingerprint density at radius 3 is 2.00 bits per heavy atom. The number of nitrogens with one attached hydrogen (secondary N) is 1. The molecule has 1 atom stereocenters. The largest absolute Gasteiger partial charge is 0.271 e. The third-order valence-corrected chi connectivity index (χ3v) is 5.23. The van der Waals surface area contributed by atoms with Crippen molar-refractivity contribution in [1.29, 1.82) is 0 Å². The van der Waals surface area contributed by atoms with E-state index in [1.165, 1.54) is 18.2 Å². The minimum Gasteiger partial charge on any atom is -0.271 e. The fraction of sp³-hybridized carbons (Fsp3) is 0.600. The molecule has 1 aromatic carbocycles. The number of hydrogen-bond donors (Lipinski definition) is 2. The SMILES string of the molecule is CC1(C)C(C(Cc2c(F)cccc2F)NN)C1(C)C. The zero-order valence-corrected chi connectivity index (χ0v) is 11.9. The van der Waals surface area contributed by atoms with E-state index < -0.39 is 11.6 Å². The Hall–Kier alpha value is -1.00. The molecule has 1 saturated carbocycles. The Balaban J connectivity index is 2.22. The summed E-state index contributed by atoms with van der Waals surface area (Å²) in [6.07, 6.45) is 0.270. The average molecular weight is 268 g/mol. The number of nitrogens with two attached hydrogens (primary N) is 1. The molecule has 0 heterocycles. The Kier molecular flexibility index (Phi) is 3.43. The Bertz CT molecular complexity index is 449. The summed E-state index contributed by atoms with van der Waals surface area (Å²) in [5, 5.41) is 0. The molecular weight excluding hydrogens is 246 g/mol.